The van der Waals surface area contributed by atoms with Gasteiger partial charge in [-0.2, -0.15) is 13.9 Å². The summed E-state index contributed by atoms with van der Waals surface area (Å²) in [5, 5.41) is 9.15. The molecule has 0 N–H and O–H groups in total. The molecule has 27 heavy (non-hydrogen) atoms. The standard InChI is InChI=1S/C17H23N3O5S2/c18-13-15-5-1-2-7-17(15)27(23,24)20-10-8-19(9-11-20)26(21,22)14-16-6-3-4-12-25-16/h1-2,5,7,16H,3-4,6,8-12,14H2. The van der Waals surface area contributed by atoms with Gasteiger partial charge < -0.3 is 4.74 Å². The Bertz CT molecular complexity index is 910. The van der Waals surface area contributed by atoms with Gasteiger partial charge in [0.15, 0.2) is 0 Å². The monoisotopic (exact) mass is 413 g/mol. The highest BCUT2D eigenvalue weighted by Gasteiger charge is 2.35. The average Bonchev–Trinajstić information content (AvgIpc) is 2.68. The van der Waals surface area contributed by atoms with Gasteiger partial charge in [-0.15, -0.1) is 0 Å². The molecule has 0 saturated carbocycles. The fourth-order valence-electron chi connectivity index (χ4n) is 3.39. The molecular weight excluding hydrogens is 390 g/mol. The van der Waals surface area contributed by atoms with Crippen LogP contribution in [0.3, 0.4) is 0 Å². The third kappa shape index (κ3) is 4.50. The van der Waals surface area contributed by atoms with Crippen LogP contribution in [0, 0.1) is 11.3 Å². The molecule has 0 radical (unpaired) electrons. The van der Waals surface area contributed by atoms with Crippen LogP contribution in [0.2, 0.25) is 0 Å². The van der Waals surface area contributed by atoms with Gasteiger partial charge in [0.1, 0.15) is 6.07 Å². The van der Waals surface area contributed by atoms with E-state index in [-0.39, 0.29) is 48.5 Å². The first-order valence-electron chi connectivity index (χ1n) is 8.93. The lowest BCUT2D eigenvalue weighted by atomic mass is 10.1. The van der Waals surface area contributed by atoms with Gasteiger partial charge in [-0.1, -0.05) is 12.1 Å². The Morgan fingerprint density at radius 3 is 2.33 bits per heavy atom. The summed E-state index contributed by atoms with van der Waals surface area (Å²) in [6.45, 7) is 0.913. The maximum Gasteiger partial charge on any atom is 0.244 e. The second-order valence-electron chi connectivity index (χ2n) is 6.68. The molecule has 0 bridgehead atoms. The average molecular weight is 414 g/mol. The second-order valence-corrected chi connectivity index (χ2v) is 10.6. The molecule has 2 heterocycles. The van der Waals surface area contributed by atoms with E-state index in [2.05, 4.69) is 0 Å². The molecule has 1 aromatic rings. The van der Waals surface area contributed by atoms with Crippen molar-refractivity contribution < 1.29 is 21.6 Å². The number of hydrogen-bond acceptors (Lipinski definition) is 6. The van der Waals surface area contributed by atoms with E-state index in [4.69, 9.17) is 10.00 Å². The first-order chi connectivity index (χ1) is 12.8. The van der Waals surface area contributed by atoms with Crippen molar-refractivity contribution >= 4 is 20.0 Å². The summed E-state index contributed by atoms with van der Waals surface area (Å²) in [5.41, 5.74) is 0.0852. The quantitative estimate of drug-likeness (QED) is 0.705. The van der Waals surface area contributed by atoms with Crippen LogP contribution < -0.4 is 0 Å². The van der Waals surface area contributed by atoms with Crippen molar-refractivity contribution in [1.29, 1.82) is 5.26 Å². The number of benzene rings is 1. The van der Waals surface area contributed by atoms with Crippen molar-refractivity contribution in [2.24, 2.45) is 0 Å². The van der Waals surface area contributed by atoms with Crippen molar-refractivity contribution in [3.63, 3.8) is 0 Å². The van der Waals surface area contributed by atoms with Crippen molar-refractivity contribution in [1.82, 2.24) is 8.61 Å². The molecule has 0 aromatic heterocycles. The Hall–Kier alpha value is -1.51. The van der Waals surface area contributed by atoms with Crippen LogP contribution in [-0.4, -0.2) is 70.1 Å². The third-order valence-corrected chi connectivity index (χ3v) is 8.79. The van der Waals surface area contributed by atoms with Crippen LogP contribution in [-0.2, 0) is 24.8 Å². The number of ether oxygens (including phenoxy) is 1. The minimum absolute atomic E-state index is 0.0422. The molecule has 2 aliphatic rings. The van der Waals surface area contributed by atoms with E-state index >= 15 is 0 Å². The molecule has 1 atom stereocenters. The topological polar surface area (TPSA) is 108 Å². The molecule has 2 saturated heterocycles. The minimum Gasteiger partial charge on any atom is -0.377 e. The number of hydrogen-bond donors (Lipinski definition) is 0. The summed E-state index contributed by atoms with van der Waals surface area (Å²) in [5.74, 6) is -0.0585. The Morgan fingerprint density at radius 1 is 1.04 bits per heavy atom. The molecule has 1 aromatic carbocycles. The molecule has 3 rings (SSSR count). The van der Waals surface area contributed by atoms with Crippen molar-refractivity contribution in [3.05, 3.63) is 29.8 Å². The van der Waals surface area contributed by atoms with Crippen LogP contribution in [0.5, 0.6) is 0 Å². The van der Waals surface area contributed by atoms with E-state index in [9.17, 15) is 16.8 Å². The van der Waals surface area contributed by atoms with E-state index in [0.717, 1.165) is 19.3 Å². The lowest BCUT2D eigenvalue weighted by molar-refractivity contribution is 0.0297. The van der Waals surface area contributed by atoms with Crippen molar-refractivity contribution in [3.8, 4) is 6.07 Å². The zero-order valence-corrected chi connectivity index (χ0v) is 16.6. The summed E-state index contributed by atoms with van der Waals surface area (Å²) < 4.78 is 59.0. The maximum atomic E-state index is 12.8. The van der Waals surface area contributed by atoms with Crippen LogP contribution in [0.15, 0.2) is 29.2 Å². The summed E-state index contributed by atoms with van der Waals surface area (Å²) in [6, 6.07) is 7.92. The zero-order valence-electron chi connectivity index (χ0n) is 15.0. The van der Waals surface area contributed by atoms with Crippen LogP contribution >= 0.6 is 0 Å². The molecule has 148 valence electrons. The van der Waals surface area contributed by atoms with Gasteiger partial charge in [0.2, 0.25) is 20.0 Å². The van der Waals surface area contributed by atoms with Gasteiger partial charge in [-0.05, 0) is 31.4 Å². The molecule has 0 aliphatic carbocycles. The summed E-state index contributed by atoms with van der Waals surface area (Å²) in [7, 11) is -7.33. The van der Waals surface area contributed by atoms with Crippen molar-refractivity contribution in [2.45, 2.75) is 30.3 Å². The van der Waals surface area contributed by atoms with E-state index in [0.29, 0.717) is 6.61 Å². The predicted molar refractivity (Wildman–Crippen MR) is 98.9 cm³/mol. The van der Waals surface area contributed by atoms with Crippen molar-refractivity contribution in [2.75, 3.05) is 38.5 Å². The molecular formula is C17H23N3O5S2. The van der Waals surface area contributed by atoms with Crippen LogP contribution in [0.1, 0.15) is 24.8 Å². The highest BCUT2D eigenvalue weighted by Crippen LogP contribution is 2.23. The van der Waals surface area contributed by atoms with Gasteiger partial charge in [0.05, 0.1) is 22.3 Å². The number of nitriles is 1. The summed E-state index contributed by atoms with van der Waals surface area (Å²) in [6.07, 6.45) is 2.37. The lowest BCUT2D eigenvalue weighted by Crippen LogP contribution is -2.52. The summed E-state index contributed by atoms with van der Waals surface area (Å²) in [4.78, 5) is -0.0422. The first kappa shape index (κ1) is 20.2. The first-order valence-corrected chi connectivity index (χ1v) is 12.0. The summed E-state index contributed by atoms with van der Waals surface area (Å²) >= 11 is 0. The van der Waals surface area contributed by atoms with Gasteiger partial charge >= 0.3 is 0 Å². The highest BCUT2D eigenvalue weighted by molar-refractivity contribution is 7.89. The normalized spacial score (nSPS) is 23.0. The van der Waals surface area contributed by atoms with Crippen LogP contribution in [0.25, 0.3) is 0 Å². The number of sulfonamides is 2. The molecule has 2 fully saturated rings. The minimum atomic E-state index is -3.84. The molecule has 10 heteroatoms. The van der Waals surface area contributed by atoms with E-state index in [1.165, 1.54) is 20.7 Å². The zero-order chi connectivity index (χ0) is 19.5. The Kier molecular flexibility index (Phi) is 6.18. The van der Waals surface area contributed by atoms with Gasteiger partial charge in [0, 0.05) is 32.8 Å². The van der Waals surface area contributed by atoms with Crippen LogP contribution in [0.4, 0.5) is 0 Å². The molecule has 0 spiro atoms. The number of piperazine rings is 1. The Balaban J connectivity index is 1.67. The van der Waals surface area contributed by atoms with Gasteiger partial charge in [-0.25, -0.2) is 16.8 Å². The maximum absolute atomic E-state index is 12.8. The third-order valence-electron chi connectivity index (χ3n) is 4.89. The van der Waals surface area contributed by atoms with Gasteiger partial charge in [0.25, 0.3) is 0 Å². The molecule has 2 aliphatic heterocycles. The predicted octanol–water partition coefficient (Wildman–Crippen LogP) is 0.763. The van der Waals surface area contributed by atoms with Gasteiger partial charge in [-0.3, -0.25) is 0 Å². The second kappa shape index (κ2) is 8.24. The number of nitrogens with zero attached hydrogens (tertiary/aromatic N) is 3. The van der Waals surface area contributed by atoms with E-state index < -0.39 is 20.0 Å². The Labute approximate surface area is 160 Å². The van der Waals surface area contributed by atoms with E-state index in [1.807, 2.05) is 6.07 Å². The molecule has 0 amide bonds. The molecule has 8 nitrogen and oxygen atoms in total. The highest BCUT2D eigenvalue weighted by atomic mass is 32.2. The fraction of sp³-hybridized carbons (Fsp3) is 0.588. The number of rotatable bonds is 5. The molecule has 1 unspecified atom stereocenters. The van der Waals surface area contributed by atoms with E-state index in [1.54, 1.807) is 12.1 Å². The lowest BCUT2D eigenvalue weighted by Gasteiger charge is -2.34. The largest absolute Gasteiger partial charge is 0.377 e. The Morgan fingerprint density at radius 2 is 1.70 bits per heavy atom. The fourth-order valence-corrected chi connectivity index (χ4v) is 6.62. The SMILES string of the molecule is N#Cc1ccccc1S(=O)(=O)N1CCN(S(=O)(=O)CC2CCCCO2)CC1. The smallest absolute Gasteiger partial charge is 0.244 e.